The van der Waals surface area contributed by atoms with Crippen LogP contribution in [0.4, 0.5) is 9.52 Å². The van der Waals surface area contributed by atoms with Gasteiger partial charge in [0, 0.05) is 28.4 Å². The summed E-state index contributed by atoms with van der Waals surface area (Å²) in [7, 11) is 0. The minimum absolute atomic E-state index is 0.0823. The number of benzene rings is 2. The molecule has 5 nitrogen and oxygen atoms in total. The zero-order valence-electron chi connectivity index (χ0n) is 14.0. The Kier molecular flexibility index (Phi) is 6.31. The molecule has 2 aromatic carbocycles. The molecule has 1 aromatic heterocycles. The van der Waals surface area contributed by atoms with E-state index in [0.29, 0.717) is 9.60 Å². The lowest BCUT2D eigenvalue weighted by Crippen LogP contribution is -2.28. The maximum Gasteiger partial charge on any atom is 0.252 e. The molecule has 0 radical (unpaired) electrons. The zero-order chi connectivity index (χ0) is 19.2. The van der Waals surface area contributed by atoms with Gasteiger partial charge in [-0.3, -0.25) is 9.59 Å². The highest BCUT2D eigenvalue weighted by Gasteiger charge is 2.12. The van der Waals surface area contributed by atoms with Crippen molar-refractivity contribution >= 4 is 44.2 Å². The van der Waals surface area contributed by atoms with E-state index in [4.69, 9.17) is 0 Å². The molecule has 3 rings (SSSR count). The van der Waals surface area contributed by atoms with Crippen molar-refractivity contribution < 1.29 is 14.0 Å². The molecule has 0 unspecified atom stereocenters. The van der Waals surface area contributed by atoms with Crippen LogP contribution < -0.4 is 10.6 Å². The van der Waals surface area contributed by atoms with Crippen LogP contribution in [-0.2, 0) is 4.79 Å². The van der Waals surface area contributed by atoms with E-state index in [9.17, 15) is 14.0 Å². The summed E-state index contributed by atoms with van der Waals surface area (Å²) in [5.74, 6) is -1.21. The van der Waals surface area contributed by atoms with E-state index in [0.717, 1.165) is 17.3 Å². The highest BCUT2D eigenvalue weighted by Crippen LogP contribution is 2.24. The van der Waals surface area contributed by atoms with Gasteiger partial charge in [-0.2, -0.15) is 0 Å². The molecule has 0 aliphatic heterocycles. The zero-order valence-corrected chi connectivity index (χ0v) is 16.4. The number of hydrogen-bond acceptors (Lipinski definition) is 4. The average molecular weight is 448 g/mol. The van der Waals surface area contributed by atoms with E-state index in [1.165, 1.54) is 23.5 Å². The maximum absolute atomic E-state index is 13.3. The van der Waals surface area contributed by atoms with Gasteiger partial charge in [-0.25, -0.2) is 9.37 Å². The summed E-state index contributed by atoms with van der Waals surface area (Å²) in [6, 6.07) is 13.5. The average Bonchev–Trinajstić information content (AvgIpc) is 3.12. The lowest BCUT2D eigenvalue weighted by Gasteiger charge is -2.07. The molecule has 0 bridgehead atoms. The third kappa shape index (κ3) is 5.21. The topological polar surface area (TPSA) is 71.1 Å². The summed E-state index contributed by atoms with van der Waals surface area (Å²) in [6.07, 6.45) is 0.0823. The van der Waals surface area contributed by atoms with Gasteiger partial charge in [0.1, 0.15) is 5.82 Å². The number of anilines is 1. The molecule has 0 fully saturated rings. The molecular formula is C19H15BrFN3O2S. The van der Waals surface area contributed by atoms with E-state index in [1.807, 2.05) is 35.7 Å². The number of hydrogen-bond donors (Lipinski definition) is 2. The molecule has 1 heterocycles. The van der Waals surface area contributed by atoms with E-state index in [-0.39, 0.29) is 24.4 Å². The Morgan fingerprint density at radius 2 is 1.93 bits per heavy atom. The summed E-state index contributed by atoms with van der Waals surface area (Å²) in [4.78, 5) is 28.5. The molecule has 0 saturated heterocycles. The highest BCUT2D eigenvalue weighted by molar-refractivity contribution is 9.10. The first kappa shape index (κ1) is 19.2. The van der Waals surface area contributed by atoms with Crippen LogP contribution in [0.25, 0.3) is 11.3 Å². The number of nitrogens with zero attached hydrogens (tertiary/aromatic N) is 1. The number of rotatable bonds is 6. The van der Waals surface area contributed by atoms with Crippen molar-refractivity contribution in [3.05, 3.63) is 69.8 Å². The number of halogens is 2. The van der Waals surface area contributed by atoms with E-state index >= 15 is 0 Å². The molecule has 0 aliphatic carbocycles. The Morgan fingerprint density at radius 1 is 1.15 bits per heavy atom. The molecule has 0 spiro atoms. The van der Waals surface area contributed by atoms with Crippen LogP contribution in [0.3, 0.4) is 0 Å². The number of amides is 2. The van der Waals surface area contributed by atoms with Gasteiger partial charge in [0.15, 0.2) is 5.13 Å². The fourth-order valence-corrected chi connectivity index (χ4v) is 3.47. The van der Waals surface area contributed by atoms with Crippen LogP contribution in [0.2, 0.25) is 0 Å². The van der Waals surface area contributed by atoms with Crippen molar-refractivity contribution in [1.29, 1.82) is 0 Å². The third-order valence-electron chi connectivity index (χ3n) is 3.63. The number of nitrogens with one attached hydrogen (secondary N) is 2. The van der Waals surface area contributed by atoms with Crippen molar-refractivity contribution in [2.75, 3.05) is 11.9 Å². The predicted molar refractivity (Wildman–Crippen MR) is 107 cm³/mol. The Balaban J connectivity index is 1.49. The van der Waals surface area contributed by atoms with Gasteiger partial charge in [0.2, 0.25) is 5.91 Å². The van der Waals surface area contributed by atoms with Crippen molar-refractivity contribution in [3.8, 4) is 11.3 Å². The Hall–Kier alpha value is -2.58. The highest BCUT2D eigenvalue weighted by atomic mass is 79.9. The second-order valence-corrected chi connectivity index (χ2v) is 7.29. The van der Waals surface area contributed by atoms with Crippen LogP contribution in [0.1, 0.15) is 16.8 Å². The van der Waals surface area contributed by atoms with Crippen LogP contribution in [0, 0.1) is 5.82 Å². The minimum Gasteiger partial charge on any atom is -0.351 e. The molecule has 27 heavy (non-hydrogen) atoms. The third-order valence-corrected chi connectivity index (χ3v) is 5.08. The van der Waals surface area contributed by atoms with E-state index < -0.39 is 11.7 Å². The first-order valence-corrected chi connectivity index (χ1v) is 9.74. The van der Waals surface area contributed by atoms with Gasteiger partial charge in [-0.05, 0) is 34.1 Å². The number of carbonyl (C=O) groups excluding carboxylic acids is 2. The van der Waals surface area contributed by atoms with Gasteiger partial charge in [0.25, 0.3) is 5.91 Å². The molecule has 2 N–H and O–H groups in total. The fraction of sp³-hybridized carbons (Fsp3) is 0.105. The molecule has 3 aromatic rings. The summed E-state index contributed by atoms with van der Waals surface area (Å²) < 4.78 is 13.7. The molecule has 138 valence electrons. The minimum atomic E-state index is -0.501. The lowest BCUT2D eigenvalue weighted by molar-refractivity contribution is -0.116. The molecule has 0 aliphatic rings. The first-order valence-electron chi connectivity index (χ1n) is 8.07. The van der Waals surface area contributed by atoms with E-state index in [1.54, 1.807) is 0 Å². The molecular weight excluding hydrogens is 433 g/mol. The second kappa shape index (κ2) is 8.88. The first-order chi connectivity index (χ1) is 13.0. The van der Waals surface area contributed by atoms with Crippen molar-refractivity contribution in [2.24, 2.45) is 0 Å². The summed E-state index contributed by atoms with van der Waals surface area (Å²) in [5.41, 5.74) is 1.95. The van der Waals surface area contributed by atoms with Crippen LogP contribution in [-0.4, -0.2) is 23.3 Å². The predicted octanol–water partition coefficient (Wildman–Crippen LogP) is 4.47. The molecule has 8 heteroatoms. The summed E-state index contributed by atoms with van der Waals surface area (Å²) >= 11 is 4.54. The van der Waals surface area contributed by atoms with Crippen molar-refractivity contribution in [2.45, 2.75) is 6.42 Å². The molecule has 0 saturated carbocycles. The Morgan fingerprint density at radius 3 is 2.70 bits per heavy atom. The number of carbonyl (C=O) groups is 2. The Labute approximate surface area is 167 Å². The van der Waals surface area contributed by atoms with Gasteiger partial charge in [0.05, 0.1) is 11.3 Å². The maximum atomic E-state index is 13.3. The standard InChI is InChI=1S/C19H15BrFN3O2S/c20-15-7-6-13(21)10-14(15)18(26)22-9-8-17(25)24-19-23-16(11-27-19)12-4-2-1-3-5-12/h1-7,10-11H,8-9H2,(H,22,26)(H,23,24,25). The fourth-order valence-electron chi connectivity index (χ4n) is 2.31. The lowest BCUT2D eigenvalue weighted by atomic mass is 10.2. The van der Waals surface area contributed by atoms with Gasteiger partial charge in [-0.1, -0.05) is 30.3 Å². The number of thiazole rings is 1. The quantitative estimate of drug-likeness (QED) is 0.585. The van der Waals surface area contributed by atoms with Crippen LogP contribution in [0.15, 0.2) is 58.4 Å². The van der Waals surface area contributed by atoms with Crippen molar-refractivity contribution in [3.63, 3.8) is 0 Å². The van der Waals surface area contributed by atoms with Crippen LogP contribution in [0.5, 0.6) is 0 Å². The SMILES string of the molecule is O=C(CCNC(=O)c1cc(F)ccc1Br)Nc1nc(-c2ccccc2)cs1. The largest absolute Gasteiger partial charge is 0.351 e. The van der Waals surface area contributed by atoms with E-state index in [2.05, 4.69) is 31.5 Å². The Bertz CT molecular complexity index is 963. The second-order valence-electron chi connectivity index (χ2n) is 5.58. The van der Waals surface area contributed by atoms with Gasteiger partial charge >= 0.3 is 0 Å². The smallest absolute Gasteiger partial charge is 0.252 e. The molecule has 2 amide bonds. The number of aromatic nitrogens is 1. The van der Waals surface area contributed by atoms with Crippen LogP contribution >= 0.6 is 27.3 Å². The van der Waals surface area contributed by atoms with Gasteiger partial charge in [-0.15, -0.1) is 11.3 Å². The normalized spacial score (nSPS) is 10.4. The van der Waals surface area contributed by atoms with Crippen molar-refractivity contribution in [1.82, 2.24) is 10.3 Å². The monoisotopic (exact) mass is 447 g/mol. The summed E-state index contributed by atoms with van der Waals surface area (Å²) in [5, 5.41) is 7.68. The molecule has 0 atom stereocenters. The summed E-state index contributed by atoms with van der Waals surface area (Å²) in [6.45, 7) is 0.130. The van der Waals surface area contributed by atoms with Gasteiger partial charge < -0.3 is 10.6 Å².